The number of rotatable bonds is 4. The SMILES string of the molecule is CC(Oc1ccc(I)cc1)C(=O)Nc1c[nH]c(=O)[nH]c1=O. The van der Waals surface area contributed by atoms with Crippen LogP contribution >= 0.6 is 22.6 Å². The number of anilines is 1. The molecule has 0 fully saturated rings. The number of carbonyl (C=O) groups excluding carboxylic acids is 1. The first-order valence-corrected chi connectivity index (χ1v) is 7.08. The van der Waals surface area contributed by atoms with Crippen molar-refractivity contribution in [3.8, 4) is 5.75 Å². The fraction of sp³-hybridized carbons (Fsp3) is 0.154. The zero-order valence-electron chi connectivity index (χ0n) is 11.0. The predicted octanol–water partition coefficient (Wildman–Crippen LogP) is 1.07. The van der Waals surface area contributed by atoms with Gasteiger partial charge in [0.25, 0.3) is 11.5 Å². The second-order valence-corrected chi connectivity index (χ2v) is 5.43. The summed E-state index contributed by atoms with van der Waals surface area (Å²) in [5.74, 6) is 0.0551. The van der Waals surface area contributed by atoms with Crippen LogP contribution in [0.1, 0.15) is 6.92 Å². The number of ether oxygens (including phenoxy) is 1. The zero-order valence-corrected chi connectivity index (χ0v) is 13.1. The summed E-state index contributed by atoms with van der Waals surface area (Å²) in [5, 5.41) is 2.39. The summed E-state index contributed by atoms with van der Waals surface area (Å²) < 4.78 is 6.52. The quantitative estimate of drug-likeness (QED) is 0.667. The van der Waals surface area contributed by atoms with Crippen LogP contribution in [0.15, 0.2) is 40.1 Å². The minimum atomic E-state index is -0.795. The molecule has 3 N–H and O–H groups in total. The van der Waals surface area contributed by atoms with Gasteiger partial charge < -0.3 is 15.0 Å². The van der Waals surface area contributed by atoms with Crippen LogP contribution in [0.2, 0.25) is 0 Å². The maximum Gasteiger partial charge on any atom is 0.325 e. The van der Waals surface area contributed by atoms with E-state index in [4.69, 9.17) is 4.74 Å². The minimum absolute atomic E-state index is 0.0438. The molecule has 0 spiro atoms. The van der Waals surface area contributed by atoms with Crippen molar-refractivity contribution in [2.45, 2.75) is 13.0 Å². The van der Waals surface area contributed by atoms with Crippen molar-refractivity contribution in [3.63, 3.8) is 0 Å². The second-order valence-electron chi connectivity index (χ2n) is 4.19. The normalized spacial score (nSPS) is 11.7. The van der Waals surface area contributed by atoms with Crippen LogP contribution in [0.3, 0.4) is 0 Å². The van der Waals surface area contributed by atoms with E-state index in [9.17, 15) is 14.4 Å². The topological polar surface area (TPSA) is 104 Å². The van der Waals surface area contributed by atoms with E-state index >= 15 is 0 Å². The Morgan fingerprint density at radius 2 is 1.95 bits per heavy atom. The van der Waals surface area contributed by atoms with Crippen LogP contribution in [-0.4, -0.2) is 22.0 Å². The van der Waals surface area contributed by atoms with E-state index in [1.54, 1.807) is 19.1 Å². The van der Waals surface area contributed by atoms with E-state index in [-0.39, 0.29) is 5.69 Å². The third-order valence-corrected chi connectivity index (χ3v) is 3.29. The van der Waals surface area contributed by atoms with Gasteiger partial charge in [0.2, 0.25) is 0 Å². The highest BCUT2D eigenvalue weighted by Crippen LogP contribution is 2.15. The Balaban J connectivity index is 2.04. The number of benzene rings is 1. The molecule has 1 atom stereocenters. The molecule has 1 aromatic heterocycles. The van der Waals surface area contributed by atoms with Crippen molar-refractivity contribution < 1.29 is 9.53 Å². The van der Waals surface area contributed by atoms with E-state index in [0.717, 1.165) is 9.77 Å². The largest absolute Gasteiger partial charge is 0.481 e. The van der Waals surface area contributed by atoms with Gasteiger partial charge in [0.1, 0.15) is 11.4 Å². The van der Waals surface area contributed by atoms with Gasteiger partial charge in [0, 0.05) is 9.77 Å². The fourth-order valence-electron chi connectivity index (χ4n) is 1.51. The summed E-state index contributed by atoms with van der Waals surface area (Å²) >= 11 is 2.16. The lowest BCUT2D eigenvalue weighted by Gasteiger charge is -2.14. The zero-order chi connectivity index (χ0) is 15.4. The van der Waals surface area contributed by atoms with Gasteiger partial charge in [-0.2, -0.15) is 0 Å². The number of halogens is 1. The maximum absolute atomic E-state index is 11.9. The average Bonchev–Trinajstić information content (AvgIpc) is 2.44. The second kappa shape index (κ2) is 6.57. The lowest BCUT2D eigenvalue weighted by atomic mass is 10.3. The summed E-state index contributed by atoms with van der Waals surface area (Å²) in [6.45, 7) is 1.56. The Morgan fingerprint density at radius 3 is 2.57 bits per heavy atom. The van der Waals surface area contributed by atoms with E-state index in [2.05, 4.69) is 32.9 Å². The van der Waals surface area contributed by atoms with Crippen LogP contribution in [0, 0.1) is 3.57 Å². The third kappa shape index (κ3) is 4.18. The third-order valence-electron chi connectivity index (χ3n) is 2.57. The summed E-state index contributed by atoms with van der Waals surface area (Å²) in [7, 11) is 0. The van der Waals surface area contributed by atoms with Crippen LogP contribution in [0.5, 0.6) is 5.75 Å². The molecule has 0 bridgehead atoms. The van der Waals surface area contributed by atoms with Crippen LogP contribution in [0.4, 0.5) is 5.69 Å². The number of aromatic nitrogens is 2. The maximum atomic E-state index is 11.9. The summed E-state index contributed by atoms with van der Waals surface area (Å²) in [5.41, 5.74) is -1.35. The molecule has 0 saturated carbocycles. The Hall–Kier alpha value is -2.10. The molecule has 1 aromatic carbocycles. The van der Waals surface area contributed by atoms with E-state index in [1.165, 1.54) is 0 Å². The first kappa shape index (κ1) is 15.3. The summed E-state index contributed by atoms with van der Waals surface area (Å²) in [6, 6.07) is 7.21. The first-order valence-electron chi connectivity index (χ1n) is 6.01. The van der Waals surface area contributed by atoms with Gasteiger partial charge in [-0.15, -0.1) is 0 Å². The van der Waals surface area contributed by atoms with E-state index in [1.807, 2.05) is 17.1 Å². The predicted molar refractivity (Wildman–Crippen MR) is 85.6 cm³/mol. The molecular formula is C13H12IN3O4. The van der Waals surface area contributed by atoms with Crippen LogP contribution < -0.4 is 21.3 Å². The number of H-pyrrole nitrogens is 2. The van der Waals surface area contributed by atoms with Crippen molar-refractivity contribution in [3.05, 3.63) is 54.9 Å². The van der Waals surface area contributed by atoms with Crippen LogP contribution in [-0.2, 0) is 4.79 Å². The first-order chi connectivity index (χ1) is 9.95. The molecule has 2 aromatic rings. The van der Waals surface area contributed by atoms with Gasteiger partial charge in [0.15, 0.2) is 6.10 Å². The molecule has 1 heterocycles. The molecule has 8 heteroatoms. The number of carbonyl (C=O) groups is 1. The van der Waals surface area contributed by atoms with Gasteiger partial charge in [-0.1, -0.05) is 0 Å². The van der Waals surface area contributed by atoms with Crippen molar-refractivity contribution in [2.24, 2.45) is 0 Å². The molecule has 21 heavy (non-hydrogen) atoms. The van der Waals surface area contributed by atoms with E-state index < -0.39 is 23.3 Å². The Kier molecular flexibility index (Phi) is 4.78. The molecular weight excluding hydrogens is 389 g/mol. The number of aromatic amines is 2. The van der Waals surface area contributed by atoms with Crippen molar-refractivity contribution in [1.82, 2.24) is 9.97 Å². The van der Waals surface area contributed by atoms with Crippen molar-refractivity contribution in [2.75, 3.05) is 5.32 Å². The monoisotopic (exact) mass is 401 g/mol. The van der Waals surface area contributed by atoms with Gasteiger partial charge in [-0.3, -0.25) is 14.6 Å². The highest BCUT2D eigenvalue weighted by Gasteiger charge is 2.16. The van der Waals surface area contributed by atoms with Crippen molar-refractivity contribution >= 4 is 34.2 Å². The molecule has 0 aliphatic heterocycles. The molecule has 110 valence electrons. The Labute approximate surface area is 132 Å². The summed E-state index contributed by atoms with van der Waals surface area (Å²) in [6.07, 6.45) is 0.341. The number of hydrogen-bond acceptors (Lipinski definition) is 4. The molecule has 1 amide bonds. The minimum Gasteiger partial charge on any atom is -0.481 e. The molecule has 0 aliphatic rings. The fourth-order valence-corrected chi connectivity index (χ4v) is 1.87. The lowest BCUT2D eigenvalue weighted by Crippen LogP contribution is -2.33. The summed E-state index contributed by atoms with van der Waals surface area (Å²) in [4.78, 5) is 38.6. The van der Waals surface area contributed by atoms with Crippen LogP contribution in [0.25, 0.3) is 0 Å². The highest BCUT2D eigenvalue weighted by atomic mass is 127. The molecule has 0 saturated heterocycles. The molecule has 1 unspecified atom stereocenters. The lowest BCUT2D eigenvalue weighted by molar-refractivity contribution is -0.122. The van der Waals surface area contributed by atoms with Gasteiger partial charge in [-0.25, -0.2) is 4.79 Å². The molecule has 0 radical (unpaired) electrons. The molecule has 0 aliphatic carbocycles. The van der Waals surface area contributed by atoms with Gasteiger partial charge in [0.05, 0.1) is 0 Å². The number of hydrogen-bond donors (Lipinski definition) is 3. The standard InChI is InChI=1S/C13H12IN3O4/c1-7(21-9-4-2-8(14)3-5-9)11(18)16-10-6-15-13(20)17-12(10)19/h2-7H,1H3,(H,16,18)(H2,15,17,19,20). The molecule has 2 rings (SSSR count). The Bertz CT molecular complexity index is 751. The molecule has 7 nitrogen and oxygen atoms in total. The van der Waals surface area contributed by atoms with Gasteiger partial charge >= 0.3 is 5.69 Å². The average molecular weight is 401 g/mol. The van der Waals surface area contributed by atoms with Crippen molar-refractivity contribution in [1.29, 1.82) is 0 Å². The van der Waals surface area contributed by atoms with E-state index in [0.29, 0.717) is 5.75 Å². The number of nitrogens with one attached hydrogen (secondary N) is 3. The smallest absolute Gasteiger partial charge is 0.325 e. The Morgan fingerprint density at radius 1 is 1.29 bits per heavy atom. The van der Waals surface area contributed by atoms with Gasteiger partial charge in [-0.05, 0) is 53.8 Å². The number of amides is 1. The highest BCUT2D eigenvalue weighted by molar-refractivity contribution is 14.1.